The molecule has 25 heavy (non-hydrogen) atoms. The average Bonchev–Trinajstić information content (AvgIpc) is 2.60. The summed E-state index contributed by atoms with van der Waals surface area (Å²) in [5, 5.41) is 13.8. The van der Waals surface area contributed by atoms with Crippen LogP contribution >= 0.6 is 0 Å². The third-order valence-corrected chi connectivity index (χ3v) is 3.86. The Morgan fingerprint density at radius 2 is 1.68 bits per heavy atom. The van der Waals surface area contributed by atoms with Crippen LogP contribution < -0.4 is 10.6 Å². The Kier molecular flexibility index (Phi) is 4.70. The SMILES string of the molecule is Cc1cccc(Nc2ccc(NC(=O)c3cccc(F)c3)nn2)c1C. The fourth-order valence-corrected chi connectivity index (χ4v) is 2.31. The van der Waals surface area contributed by atoms with E-state index in [1.54, 1.807) is 12.1 Å². The number of rotatable bonds is 4. The Morgan fingerprint density at radius 1 is 0.960 bits per heavy atom. The summed E-state index contributed by atoms with van der Waals surface area (Å²) in [5.74, 6) is -0.0472. The zero-order valence-electron chi connectivity index (χ0n) is 13.9. The van der Waals surface area contributed by atoms with Crippen LogP contribution in [-0.2, 0) is 0 Å². The van der Waals surface area contributed by atoms with Gasteiger partial charge in [0.05, 0.1) is 0 Å². The van der Waals surface area contributed by atoms with Crippen LogP contribution in [0.3, 0.4) is 0 Å². The first-order chi connectivity index (χ1) is 12.0. The quantitative estimate of drug-likeness (QED) is 0.748. The Balaban J connectivity index is 1.70. The largest absolute Gasteiger partial charge is 0.339 e. The molecular formula is C19H17FN4O. The summed E-state index contributed by atoms with van der Waals surface area (Å²) < 4.78 is 13.2. The van der Waals surface area contributed by atoms with Crippen LogP contribution in [0, 0.1) is 19.7 Å². The van der Waals surface area contributed by atoms with Gasteiger partial charge in [0, 0.05) is 11.3 Å². The number of aryl methyl sites for hydroxylation is 1. The summed E-state index contributed by atoms with van der Waals surface area (Å²) in [6.07, 6.45) is 0. The molecule has 0 aliphatic carbocycles. The smallest absolute Gasteiger partial charge is 0.256 e. The normalized spacial score (nSPS) is 10.4. The monoisotopic (exact) mass is 336 g/mol. The molecule has 2 aromatic carbocycles. The van der Waals surface area contributed by atoms with Crippen LogP contribution in [0.15, 0.2) is 54.6 Å². The highest BCUT2D eigenvalue weighted by atomic mass is 19.1. The van der Waals surface area contributed by atoms with Crippen molar-refractivity contribution in [1.82, 2.24) is 10.2 Å². The van der Waals surface area contributed by atoms with E-state index in [4.69, 9.17) is 0 Å². The third-order valence-electron chi connectivity index (χ3n) is 3.86. The maximum Gasteiger partial charge on any atom is 0.256 e. The molecule has 0 saturated heterocycles. The number of nitrogens with zero attached hydrogens (tertiary/aromatic N) is 2. The Labute approximate surface area is 144 Å². The molecule has 2 N–H and O–H groups in total. The van der Waals surface area contributed by atoms with Crippen molar-refractivity contribution in [1.29, 1.82) is 0 Å². The number of halogens is 1. The van der Waals surface area contributed by atoms with Crippen LogP contribution in [0.4, 0.5) is 21.7 Å². The molecule has 0 unspecified atom stereocenters. The number of benzene rings is 2. The molecule has 0 aliphatic rings. The van der Waals surface area contributed by atoms with Gasteiger partial charge in [-0.3, -0.25) is 4.79 Å². The number of hydrogen-bond donors (Lipinski definition) is 2. The van der Waals surface area contributed by atoms with Gasteiger partial charge >= 0.3 is 0 Å². The first-order valence-corrected chi connectivity index (χ1v) is 7.77. The molecule has 0 saturated carbocycles. The first-order valence-electron chi connectivity index (χ1n) is 7.77. The lowest BCUT2D eigenvalue weighted by atomic mass is 10.1. The molecule has 0 atom stereocenters. The molecule has 3 rings (SSSR count). The van der Waals surface area contributed by atoms with E-state index in [1.807, 2.05) is 32.0 Å². The number of amides is 1. The Bertz CT molecular complexity index is 910. The topological polar surface area (TPSA) is 66.9 Å². The molecule has 6 heteroatoms. The number of carbonyl (C=O) groups is 1. The van der Waals surface area contributed by atoms with Gasteiger partial charge in [0.2, 0.25) is 0 Å². The van der Waals surface area contributed by atoms with Crippen molar-refractivity contribution >= 4 is 23.2 Å². The van der Waals surface area contributed by atoms with E-state index in [9.17, 15) is 9.18 Å². The summed E-state index contributed by atoms with van der Waals surface area (Å²) in [4.78, 5) is 12.1. The number of nitrogens with one attached hydrogen (secondary N) is 2. The number of carbonyl (C=O) groups excluding carboxylic acids is 1. The Hall–Kier alpha value is -3.28. The van der Waals surface area contributed by atoms with Gasteiger partial charge in [0.25, 0.3) is 5.91 Å². The molecule has 1 aromatic heterocycles. The zero-order chi connectivity index (χ0) is 17.8. The molecule has 0 spiro atoms. The molecular weight excluding hydrogens is 319 g/mol. The lowest BCUT2D eigenvalue weighted by molar-refractivity contribution is 0.102. The molecule has 3 aromatic rings. The third kappa shape index (κ3) is 3.98. The van der Waals surface area contributed by atoms with E-state index in [-0.39, 0.29) is 5.56 Å². The summed E-state index contributed by atoms with van der Waals surface area (Å²) in [7, 11) is 0. The van der Waals surface area contributed by atoms with Crippen molar-refractivity contribution in [3.05, 3.63) is 77.1 Å². The number of hydrogen-bond acceptors (Lipinski definition) is 4. The standard InChI is InChI=1S/C19H17FN4O/c1-12-5-3-8-16(13(12)2)21-17-9-10-18(24-23-17)22-19(25)14-6-4-7-15(20)11-14/h3-11H,1-2H3,(H,21,23)(H,22,24,25). The Morgan fingerprint density at radius 3 is 2.40 bits per heavy atom. The summed E-state index contributed by atoms with van der Waals surface area (Å²) in [6, 6.07) is 14.8. The van der Waals surface area contributed by atoms with Crippen LogP contribution in [0.1, 0.15) is 21.5 Å². The van der Waals surface area contributed by atoms with E-state index in [0.717, 1.165) is 11.3 Å². The maximum atomic E-state index is 13.2. The summed E-state index contributed by atoms with van der Waals surface area (Å²) in [5.41, 5.74) is 3.48. The van der Waals surface area contributed by atoms with Crippen molar-refractivity contribution in [2.24, 2.45) is 0 Å². The van der Waals surface area contributed by atoms with Crippen molar-refractivity contribution < 1.29 is 9.18 Å². The average molecular weight is 336 g/mol. The van der Waals surface area contributed by atoms with Gasteiger partial charge in [0.15, 0.2) is 11.6 Å². The van der Waals surface area contributed by atoms with Crippen molar-refractivity contribution in [2.45, 2.75) is 13.8 Å². The number of anilines is 3. The van der Waals surface area contributed by atoms with E-state index >= 15 is 0 Å². The molecule has 1 heterocycles. The first kappa shape index (κ1) is 16.6. The molecule has 1 amide bonds. The highest BCUT2D eigenvalue weighted by Gasteiger charge is 2.08. The van der Waals surface area contributed by atoms with Crippen LogP contribution in [0.2, 0.25) is 0 Å². The predicted molar refractivity (Wildman–Crippen MR) is 95.6 cm³/mol. The second-order valence-electron chi connectivity index (χ2n) is 5.64. The lowest BCUT2D eigenvalue weighted by Gasteiger charge is -2.10. The van der Waals surface area contributed by atoms with Gasteiger partial charge in [-0.25, -0.2) is 4.39 Å². The fourth-order valence-electron chi connectivity index (χ4n) is 2.31. The second kappa shape index (κ2) is 7.09. The van der Waals surface area contributed by atoms with Gasteiger partial charge in [-0.05, 0) is 61.4 Å². The highest BCUT2D eigenvalue weighted by molar-refractivity contribution is 6.03. The van der Waals surface area contributed by atoms with Crippen LogP contribution in [0.5, 0.6) is 0 Å². The minimum absolute atomic E-state index is 0.222. The van der Waals surface area contributed by atoms with E-state index in [2.05, 4.69) is 20.8 Å². The van der Waals surface area contributed by atoms with Gasteiger partial charge in [-0.15, -0.1) is 10.2 Å². The molecule has 0 fully saturated rings. The molecule has 0 radical (unpaired) electrons. The predicted octanol–water partition coefficient (Wildman–Crippen LogP) is 4.23. The maximum absolute atomic E-state index is 13.2. The molecule has 0 aliphatic heterocycles. The van der Waals surface area contributed by atoms with Gasteiger partial charge in [-0.1, -0.05) is 18.2 Å². The van der Waals surface area contributed by atoms with E-state index in [0.29, 0.717) is 11.6 Å². The second-order valence-corrected chi connectivity index (χ2v) is 5.64. The van der Waals surface area contributed by atoms with Crippen molar-refractivity contribution in [3.63, 3.8) is 0 Å². The van der Waals surface area contributed by atoms with Gasteiger partial charge in [-0.2, -0.15) is 0 Å². The fraction of sp³-hybridized carbons (Fsp3) is 0.105. The minimum Gasteiger partial charge on any atom is -0.339 e. The summed E-state index contributed by atoms with van der Waals surface area (Å²) in [6.45, 7) is 4.07. The minimum atomic E-state index is -0.466. The van der Waals surface area contributed by atoms with Crippen molar-refractivity contribution in [3.8, 4) is 0 Å². The molecule has 5 nitrogen and oxygen atoms in total. The highest BCUT2D eigenvalue weighted by Crippen LogP contribution is 2.21. The summed E-state index contributed by atoms with van der Waals surface area (Å²) >= 11 is 0. The van der Waals surface area contributed by atoms with Gasteiger partial charge in [0.1, 0.15) is 5.82 Å². The molecule has 0 bridgehead atoms. The lowest BCUT2D eigenvalue weighted by Crippen LogP contribution is -2.13. The van der Waals surface area contributed by atoms with Gasteiger partial charge < -0.3 is 10.6 Å². The van der Waals surface area contributed by atoms with Crippen molar-refractivity contribution in [2.75, 3.05) is 10.6 Å². The molecule has 126 valence electrons. The number of aromatic nitrogens is 2. The zero-order valence-corrected chi connectivity index (χ0v) is 13.9. The van der Waals surface area contributed by atoms with E-state index in [1.165, 1.54) is 29.8 Å². The van der Waals surface area contributed by atoms with E-state index < -0.39 is 11.7 Å². The van der Waals surface area contributed by atoms with Crippen LogP contribution in [-0.4, -0.2) is 16.1 Å². The van der Waals surface area contributed by atoms with Crippen LogP contribution in [0.25, 0.3) is 0 Å².